The van der Waals surface area contributed by atoms with Gasteiger partial charge in [-0.2, -0.15) is 0 Å². The van der Waals surface area contributed by atoms with Crippen molar-refractivity contribution in [1.29, 1.82) is 0 Å². The molecule has 0 spiro atoms. The Bertz CT molecular complexity index is 317. The molecule has 0 saturated carbocycles. The summed E-state index contributed by atoms with van der Waals surface area (Å²) in [6.07, 6.45) is 17.9. The standard InChI is InChI=1S/C11H9N/c1-2-4-7-10(6-3-1)11-8-5-9-12-11/h1-9H. The predicted octanol–water partition coefficient (Wildman–Crippen LogP) is 2.56. The van der Waals surface area contributed by atoms with Crippen LogP contribution < -0.4 is 0 Å². The SMILES string of the molecule is C1=CC=CC(=C2C=CC=N2)C=C1. The summed E-state index contributed by atoms with van der Waals surface area (Å²) in [7, 11) is 0. The maximum Gasteiger partial charge on any atom is 0.0702 e. The molecule has 58 valence electrons. The summed E-state index contributed by atoms with van der Waals surface area (Å²) >= 11 is 0. The van der Waals surface area contributed by atoms with Crippen LogP contribution in [0.25, 0.3) is 0 Å². The number of nitrogens with zero attached hydrogens (tertiary/aromatic N) is 1. The Balaban J connectivity index is 2.40. The maximum atomic E-state index is 4.21. The molecular weight excluding hydrogens is 146 g/mol. The fraction of sp³-hybridized carbons (Fsp3) is 0. The Hall–Kier alpha value is -1.63. The summed E-state index contributed by atoms with van der Waals surface area (Å²) < 4.78 is 0. The van der Waals surface area contributed by atoms with Gasteiger partial charge in [0.25, 0.3) is 0 Å². The second-order valence-electron chi connectivity index (χ2n) is 2.58. The molecule has 0 aromatic rings. The van der Waals surface area contributed by atoms with Crippen molar-refractivity contribution in [1.82, 2.24) is 0 Å². The van der Waals surface area contributed by atoms with Crippen molar-refractivity contribution < 1.29 is 0 Å². The summed E-state index contributed by atoms with van der Waals surface area (Å²) in [6.45, 7) is 0. The van der Waals surface area contributed by atoms with Crippen LogP contribution in [0.4, 0.5) is 0 Å². The topological polar surface area (TPSA) is 12.4 Å². The van der Waals surface area contributed by atoms with Crippen molar-refractivity contribution in [3.05, 3.63) is 59.9 Å². The van der Waals surface area contributed by atoms with Gasteiger partial charge in [-0.15, -0.1) is 0 Å². The molecule has 0 aromatic carbocycles. The van der Waals surface area contributed by atoms with Crippen LogP contribution in [-0.4, -0.2) is 6.21 Å². The lowest BCUT2D eigenvalue weighted by atomic mass is 10.2. The zero-order chi connectivity index (χ0) is 8.23. The summed E-state index contributed by atoms with van der Waals surface area (Å²) in [5.74, 6) is 0. The highest BCUT2D eigenvalue weighted by atomic mass is 14.7. The van der Waals surface area contributed by atoms with E-state index >= 15 is 0 Å². The Labute approximate surface area is 71.8 Å². The third kappa shape index (κ3) is 1.35. The number of hydrogen-bond acceptors (Lipinski definition) is 1. The molecule has 0 amide bonds. The Kier molecular flexibility index (Phi) is 1.87. The molecule has 0 fully saturated rings. The predicted molar refractivity (Wildman–Crippen MR) is 52.1 cm³/mol. The van der Waals surface area contributed by atoms with Gasteiger partial charge < -0.3 is 0 Å². The second-order valence-corrected chi connectivity index (χ2v) is 2.58. The minimum absolute atomic E-state index is 1.03. The normalized spacial score (nSPS) is 19.3. The second kappa shape index (κ2) is 3.18. The van der Waals surface area contributed by atoms with Crippen molar-refractivity contribution in [2.24, 2.45) is 4.99 Å². The molecule has 0 radical (unpaired) electrons. The molecule has 0 atom stereocenters. The summed E-state index contributed by atoms with van der Waals surface area (Å²) in [5.41, 5.74) is 2.19. The lowest BCUT2D eigenvalue weighted by Crippen LogP contribution is -1.76. The largest absolute Gasteiger partial charge is 0.256 e. The number of rotatable bonds is 0. The molecule has 1 nitrogen and oxygen atoms in total. The van der Waals surface area contributed by atoms with Crippen LogP contribution in [0.3, 0.4) is 0 Å². The van der Waals surface area contributed by atoms with Crippen molar-refractivity contribution >= 4 is 6.21 Å². The fourth-order valence-corrected chi connectivity index (χ4v) is 1.14. The quantitative estimate of drug-likeness (QED) is 0.509. The maximum absolute atomic E-state index is 4.21. The summed E-state index contributed by atoms with van der Waals surface area (Å²) in [4.78, 5) is 4.21. The zero-order valence-corrected chi connectivity index (χ0v) is 6.64. The first-order chi connectivity index (χ1) is 5.97. The van der Waals surface area contributed by atoms with E-state index in [1.807, 2.05) is 42.7 Å². The van der Waals surface area contributed by atoms with Crippen LogP contribution in [0, 0.1) is 0 Å². The molecule has 0 saturated heterocycles. The molecule has 0 unspecified atom stereocenters. The van der Waals surface area contributed by atoms with E-state index in [2.05, 4.69) is 17.1 Å². The first-order valence-electron chi connectivity index (χ1n) is 3.93. The minimum atomic E-state index is 1.03. The van der Waals surface area contributed by atoms with Gasteiger partial charge in [-0.1, -0.05) is 36.5 Å². The van der Waals surface area contributed by atoms with Crippen LogP contribution in [0.1, 0.15) is 0 Å². The lowest BCUT2D eigenvalue weighted by Gasteiger charge is -1.94. The highest BCUT2D eigenvalue weighted by molar-refractivity contribution is 5.78. The van der Waals surface area contributed by atoms with Crippen LogP contribution in [-0.2, 0) is 0 Å². The van der Waals surface area contributed by atoms with E-state index in [1.165, 1.54) is 0 Å². The van der Waals surface area contributed by atoms with Crippen molar-refractivity contribution in [2.45, 2.75) is 0 Å². The first-order valence-corrected chi connectivity index (χ1v) is 3.93. The molecule has 0 aromatic heterocycles. The van der Waals surface area contributed by atoms with E-state index in [-0.39, 0.29) is 0 Å². The van der Waals surface area contributed by atoms with E-state index in [0.29, 0.717) is 0 Å². The van der Waals surface area contributed by atoms with Gasteiger partial charge in [0.2, 0.25) is 0 Å². The Morgan fingerprint density at radius 1 is 0.750 bits per heavy atom. The molecule has 12 heavy (non-hydrogen) atoms. The Morgan fingerprint density at radius 2 is 1.50 bits per heavy atom. The minimum Gasteiger partial charge on any atom is -0.256 e. The number of hydrogen-bond donors (Lipinski definition) is 0. The molecule has 0 N–H and O–H groups in total. The van der Waals surface area contributed by atoms with Gasteiger partial charge >= 0.3 is 0 Å². The lowest BCUT2D eigenvalue weighted by molar-refractivity contribution is 1.41. The van der Waals surface area contributed by atoms with Gasteiger partial charge in [-0.25, -0.2) is 0 Å². The Morgan fingerprint density at radius 3 is 2.08 bits per heavy atom. The molecule has 2 rings (SSSR count). The average molecular weight is 155 g/mol. The molecule has 2 aliphatic rings. The van der Waals surface area contributed by atoms with E-state index in [4.69, 9.17) is 0 Å². The van der Waals surface area contributed by atoms with E-state index in [1.54, 1.807) is 0 Å². The van der Waals surface area contributed by atoms with E-state index < -0.39 is 0 Å². The van der Waals surface area contributed by atoms with E-state index in [0.717, 1.165) is 11.3 Å². The number of aliphatic imine (C=N–C) groups is 1. The summed E-state index contributed by atoms with van der Waals surface area (Å²) in [6, 6.07) is 0. The number of allylic oxidation sites excluding steroid dienone is 9. The molecule has 1 heterocycles. The molecule has 1 aliphatic carbocycles. The van der Waals surface area contributed by atoms with Crippen LogP contribution in [0.5, 0.6) is 0 Å². The molecular formula is C11H9N. The average Bonchev–Trinajstić information content (AvgIpc) is 2.48. The fourth-order valence-electron chi connectivity index (χ4n) is 1.14. The van der Waals surface area contributed by atoms with Gasteiger partial charge in [-0.3, -0.25) is 4.99 Å². The third-order valence-corrected chi connectivity index (χ3v) is 1.73. The zero-order valence-electron chi connectivity index (χ0n) is 6.64. The highest BCUT2D eigenvalue weighted by Crippen LogP contribution is 2.15. The first kappa shape index (κ1) is 7.04. The van der Waals surface area contributed by atoms with Crippen LogP contribution in [0.15, 0.2) is 64.9 Å². The van der Waals surface area contributed by atoms with Crippen molar-refractivity contribution in [3.63, 3.8) is 0 Å². The highest BCUT2D eigenvalue weighted by Gasteiger charge is 1.98. The molecule has 0 bridgehead atoms. The van der Waals surface area contributed by atoms with Crippen molar-refractivity contribution in [2.75, 3.05) is 0 Å². The monoisotopic (exact) mass is 155 g/mol. The van der Waals surface area contributed by atoms with Crippen LogP contribution in [0.2, 0.25) is 0 Å². The smallest absolute Gasteiger partial charge is 0.0702 e. The summed E-state index contributed by atoms with van der Waals surface area (Å²) in [5, 5.41) is 0. The molecule has 1 heteroatoms. The third-order valence-electron chi connectivity index (χ3n) is 1.73. The van der Waals surface area contributed by atoms with E-state index in [9.17, 15) is 0 Å². The van der Waals surface area contributed by atoms with Gasteiger partial charge in [-0.05, 0) is 12.2 Å². The van der Waals surface area contributed by atoms with Gasteiger partial charge in [0.1, 0.15) is 0 Å². The van der Waals surface area contributed by atoms with Gasteiger partial charge in [0.05, 0.1) is 5.70 Å². The van der Waals surface area contributed by atoms with Crippen molar-refractivity contribution in [3.8, 4) is 0 Å². The van der Waals surface area contributed by atoms with Crippen LogP contribution >= 0.6 is 0 Å². The molecule has 1 aliphatic heterocycles. The van der Waals surface area contributed by atoms with Gasteiger partial charge in [0, 0.05) is 11.8 Å². The van der Waals surface area contributed by atoms with Gasteiger partial charge in [0.15, 0.2) is 0 Å².